The van der Waals surface area contributed by atoms with E-state index in [2.05, 4.69) is 21.6 Å². The van der Waals surface area contributed by atoms with E-state index in [4.69, 9.17) is 5.73 Å². The minimum Gasteiger partial charge on any atom is -0.369 e. The summed E-state index contributed by atoms with van der Waals surface area (Å²) in [6, 6.07) is 10.1. The molecule has 0 unspecified atom stereocenters. The van der Waals surface area contributed by atoms with Gasteiger partial charge in [0.15, 0.2) is 0 Å². The van der Waals surface area contributed by atoms with Crippen molar-refractivity contribution >= 4 is 17.7 Å². The van der Waals surface area contributed by atoms with Crippen molar-refractivity contribution in [3.05, 3.63) is 41.5 Å². The number of hydrogen-bond acceptors (Lipinski definition) is 2. The first-order valence-electron chi connectivity index (χ1n) is 5.39. The van der Waals surface area contributed by atoms with Crippen molar-refractivity contribution in [2.45, 2.75) is 13.8 Å². The molecule has 0 fully saturated rings. The van der Waals surface area contributed by atoms with Crippen LogP contribution in [0.4, 0.5) is 0 Å². The molecule has 0 aliphatic carbocycles. The number of hydrogen-bond donors (Lipinski definition) is 2. The molecule has 3 N–H and O–H groups in total. The molecule has 90 valence electrons. The molecule has 4 heteroatoms. The molecule has 0 saturated carbocycles. The maximum Gasteiger partial charge on any atom is 0.209 e. The van der Waals surface area contributed by atoms with Gasteiger partial charge in [-0.2, -0.15) is 5.10 Å². The Kier molecular flexibility index (Phi) is 4.94. The molecule has 0 radical (unpaired) electrons. The molecule has 0 aromatic heterocycles. The third-order valence-corrected chi connectivity index (χ3v) is 2.33. The van der Waals surface area contributed by atoms with Gasteiger partial charge in [0.05, 0.1) is 5.71 Å². The molecule has 0 aliphatic heterocycles. The van der Waals surface area contributed by atoms with Gasteiger partial charge in [0.25, 0.3) is 0 Å². The van der Waals surface area contributed by atoms with E-state index in [0.29, 0.717) is 5.96 Å². The van der Waals surface area contributed by atoms with E-state index in [0.717, 1.165) is 16.8 Å². The topological polar surface area (TPSA) is 62.8 Å². The Morgan fingerprint density at radius 1 is 1.24 bits per heavy atom. The summed E-state index contributed by atoms with van der Waals surface area (Å²) in [5.74, 6) is 0.303. The van der Waals surface area contributed by atoms with Crippen LogP contribution in [-0.4, -0.2) is 18.7 Å². The van der Waals surface area contributed by atoms with Crippen molar-refractivity contribution in [3.8, 4) is 0 Å². The Labute approximate surface area is 102 Å². The highest BCUT2D eigenvalue weighted by atomic mass is 15.4. The number of nitrogens with one attached hydrogen (secondary N) is 1. The molecule has 0 amide bonds. The van der Waals surface area contributed by atoms with Gasteiger partial charge in [0, 0.05) is 7.05 Å². The van der Waals surface area contributed by atoms with Crippen LogP contribution in [0.5, 0.6) is 0 Å². The van der Waals surface area contributed by atoms with E-state index in [1.807, 2.05) is 44.2 Å². The summed E-state index contributed by atoms with van der Waals surface area (Å²) in [7, 11) is 1.61. The molecule has 17 heavy (non-hydrogen) atoms. The van der Waals surface area contributed by atoms with Crippen LogP contribution in [0.25, 0.3) is 6.08 Å². The van der Waals surface area contributed by atoms with Crippen LogP contribution >= 0.6 is 0 Å². The number of benzene rings is 1. The SMILES string of the molecule is CN=C(N)N/N=C(C)/C(C)=C/c1ccccc1. The first-order valence-corrected chi connectivity index (χ1v) is 5.39. The van der Waals surface area contributed by atoms with Crippen LogP contribution < -0.4 is 11.2 Å². The van der Waals surface area contributed by atoms with E-state index in [1.165, 1.54) is 0 Å². The summed E-state index contributed by atoms with van der Waals surface area (Å²) in [5.41, 5.74) is 11.3. The lowest BCUT2D eigenvalue weighted by Crippen LogP contribution is -2.27. The molecular weight excluding hydrogens is 212 g/mol. The van der Waals surface area contributed by atoms with Gasteiger partial charge in [-0.3, -0.25) is 4.99 Å². The van der Waals surface area contributed by atoms with Crippen molar-refractivity contribution in [1.82, 2.24) is 5.43 Å². The largest absolute Gasteiger partial charge is 0.369 e. The molecule has 1 aromatic carbocycles. The summed E-state index contributed by atoms with van der Waals surface area (Å²) in [5, 5.41) is 4.13. The Morgan fingerprint density at radius 3 is 2.47 bits per heavy atom. The van der Waals surface area contributed by atoms with Crippen LogP contribution in [0, 0.1) is 0 Å². The van der Waals surface area contributed by atoms with Gasteiger partial charge in [-0.15, -0.1) is 0 Å². The average Bonchev–Trinajstić information content (AvgIpc) is 2.36. The molecule has 0 heterocycles. The fourth-order valence-corrected chi connectivity index (χ4v) is 1.18. The van der Waals surface area contributed by atoms with E-state index in [9.17, 15) is 0 Å². The van der Waals surface area contributed by atoms with Gasteiger partial charge in [0.1, 0.15) is 0 Å². The van der Waals surface area contributed by atoms with E-state index < -0.39 is 0 Å². The second-order valence-electron chi connectivity index (χ2n) is 3.66. The fraction of sp³-hybridized carbons (Fsp3) is 0.231. The number of guanidine groups is 1. The fourth-order valence-electron chi connectivity index (χ4n) is 1.18. The van der Waals surface area contributed by atoms with Crippen LogP contribution in [-0.2, 0) is 0 Å². The molecule has 1 aromatic rings. The van der Waals surface area contributed by atoms with Gasteiger partial charge in [-0.1, -0.05) is 36.4 Å². The standard InChI is InChI=1S/C13H18N4/c1-10(9-12-7-5-4-6-8-12)11(2)16-17-13(14)15-3/h4-9H,1-3H3,(H3,14,15,17)/b10-9+,16-11+. The molecule has 0 bridgehead atoms. The average molecular weight is 230 g/mol. The highest BCUT2D eigenvalue weighted by Gasteiger charge is 1.96. The minimum atomic E-state index is 0.303. The Bertz CT molecular complexity index is 444. The van der Waals surface area contributed by atoms with Gasteiger partial charge in [-0.25, -0.2) is 5.43 Å². The van der Waals surface area contributed by atoms with E-state index >= 15 is 0 Å². The van der Waals surface area contributed by atoms with Gasteiger partial charge in [0.2, 0.25) is 5.96 Å². The zero-order valence-electron chi connectivity index (χ0n) is 10.4. The molecule has 0 atom stereocenters. The second kappa shape index (κ2) is 6.48. The zero-order valence-corrected chi connectivity index (χ0v) is 10.4. The number of nitrogens with two attached hydrogens (primary N) is 1. The predicted molar refractivity (Wildman–Crippen MR) is 73.9 cm³/mol. The Hall–Kier alpha value is -2.10. The second-order valence-corrected chi connectivity index (χ2v) is 3.66. The molecular formula is C13H18N4. The first-order chi connectivity index (χ1) is 8.13. The highest BCUT2D eigenvalue weighted by molar-refractivity contribution is 6.01. The number of rotatable bonds is 3. The summed E-state index contributed by atoms with van der Waals surface area (Å²) in [4.78, 5) is 3.76. The maximum absolute atomic E-state index is 5.49. The predicted octanol–water partition coefficient (Wildman–Crippen LogP) is 2.00. The molecule has 0 saturated heterocycles. The van der Waals surface area contributed by atoms with Gasteiger partial charge < -0.3 is 5.73 Å². The molecule has 1 rings (SSSR count). The minimum absolute atomic E-state index is 0.303. The van der Waals surface area contributed by atoms with Gasteiger partial charge in [-0.05, 0) is 25.0 Å². The lowest BCUT2D eigenvalue weighted by molar-refractivity contribution is 0.996. The quantitative estimate of drug-likeness (QED) is 0.474. The lowest BCUT2D eigenvalue weighted by Gasteiger charge is -2.02. The monoisotopic (exact) mass is 230 g/mol. The number of allylic oxidation sites excluding steroid dienone is 1. The van der Waals surface area contributed by atoms with Crippen molar-refractivity contribution in [3.63, 3.8) is 0 Å². The molecule has 4 nitrogen and oxygen atoms in total. The summed E-state index contributed by atoms with van der Waals surface area (Å²) in [6.07, 6.45) is 2.07. The van der Waals surface area contributed by atoms with Crippen LogP contribution in [0.3, 0.4) is 0 Å². The third kappa shape index (κ3) is 4.51. The summed E-state index contributed by atoms with van der Waals surface area (Å²) >= 11 is 0. The van der Waals surface area contributed by atoms with Crippen molar-refractivity contribution in [2.75, 3.05) is 7.05 Å². The third-order valence-electron chi connectivity index (χ3n) is 2.33. The van der Waals surface area contributed by atoms with Crippen LogP contribution in [0.15, 0.2) is 46.0 Å². The number of nitrogens with zero attached hydrogens (tertiary/aromatic N) is 2. The van der Waals surface area contributed by atoms with Crippen molar-refractivity contribution < 1.29 is 0 Å². The van der Waals surface area contributed by atoms with E-state index in [-0.39, 0.29) is 0 Å². The smallest absolute Gasteiger partial charge is 0.209 e. The maximum atomic E-state index is 5.49. The molecule has 0 spiro atoms. The van der Waals surface area contributed by atoms with E-state index in [1.54, 1.807) is 7.05 Å². The summed E-state index contributed by atoms with van der Waals surface area (Å²) in [6.45, 7) is 3.93. The number of hydrazone groups is 1. The highest BCUT2D eigenvalue weighted by Crippen LogP contribution is 2.07. The molecule has 0 aliphatic rings. The summed E-state index contributed by atoms with van der Waals surface area (Å²) < 4.78 is 0. The normalized spacial score (nSPS) is 13.7. The van der Waals surface area contributed by atoms with Crippen molar-refractivity contribution in [2.24, 2.45) is 15.8 Å². The first kappa shape index (κ1) is 13.0. The lowest BCUT2D eigenvalue weighted by atomic mass is 10.1. The van der Waals surface area contributed by atoms with Crippen molar-refractivity contribution in [1.29, 1.82) is 0 Å². The Balaban J connectivity index is 2.76. The van der Waals surface area contributed by atoms with Crippen LogP contribution in [0.1, 0.15) is 19.4 Å². The number of aliphatic imine (C=N–C) groups is 1. The zero-order chi connectivity index (χ0) is 12.7. The van der Waals surface area contributed by atoms with Crippen LogP contribution in [0.2, 0.25) is 0 Å². The Morgan fingerprint density at radius 2 is 1.88 bits per heavy atom. The van der Waals surface area contributed by atoms with Gasteiger partial charge >= 0.3 is 0 Å².